The molecule has 3 nitrogen and oxygen atoms in total. The Morgan fingerprint density at radius 1 is 0.543 bits per heavy atom. The van der Waals surface area contributed by atoms with Gasteiger partial charge in [0, 0.05) is 0 Å². The average molecular weight is 509 g/mol. The Morgan fingerprint density at radius 3 is 1.26 bits per heavy atom. The Bertz CT molecular complexity index is 699. The first-order valence-electron chi connectivity index (χ1n) is 15.0. The Morgan fingerprint density at radius 2 is 0.886 bits per heavy atom. The molecule has 0 aromatic heterocycles. The maximum atomic E-state index is 12.2. The van der Waals surface area contributed by atoms with Crippen LogP contribution in [0.3, 0.4) is 0 Å². The van der Waals surface area contributed by atoms with Gasteiger partial charge in [0.25, 0.3) is 10.1 Å². The van der Waals surface area contributed by atoms with Crippen LogP contribution in [0.5, 0.6) is 0 Å². The van der Waals surface area contributed by atoms with Crippen LogP contribution in [0, 0.1) is 6.92 Å². The monoisotopic (exact) mass is 508 g/mol. The molecule has 0 N–H and O–H groups in total. The molecule has 1 rings (SSSR count). The summed E-state index contributed by atoms with van der Waals surface area (Å²) in [5.41, 5.74) is 0.738. The highest BCUT2D eigenvalue weighted by molar-refractivity contribution is 7.86. The van der Waals surface area contributed by atoms with Gasteiger partial charge in [-0.15, -0.1) is 0 Å². The van der Waals surface area contributed by atoms with E-state index in [1.165, 1.54) is 128 Å². The van der Waals surface area contributed by atoms with Gasteiger partial charge in [-0.25, -0.2) is 0 Å². The Balaban J connectivity index is 1.77. The van der Waals surface area contributed by atoms with E-state index in [0.29, 0.717) is 4.90 Å². The summed E-state index contributed by atoms with van der Waals surface area (Å²) in [6, 6.07) is 7.00. The molecular weight excluding hydrogens is 452 g/mol. The third kappa shape index (κ3) is 18.1. The lowest BCUT2D eigenvalue weighted by atomic mass is 10.0. The second-order valence-electron chi connectivity index (χ2n) is 10.5. The maximum absolute atomic E-state index is 12.2. The van der Waals surface area contributed by atoms with E-state index in [1.54, 1.807) is 25.1 Å². The lowest BCUT2D eigenvalue weighted by Gasteiger charge is -2.08. The molecule has 0 bridgehead atoms. The topological polar surface area (TPSA) is 43.4 Å². The smallest absolute Gasteiger partial charge is 0.266 e. The summed E-state index contributed by atoms with van der Waals surface area (Å²) in [5.74, 6) is 0. The number of unbranched alkanes of at least 4 members (excludes halogenated alkanes) is 21. The molecule has 0 aliphatic carbocycles. The molecule has 0 unspecified atom stereocenters. The van der Waals surface area contributed by atoms with Gasteiger partial charge in [-0.2, -0.15) is 8.42 Å². The van der Waals surface area contributed by atoms with Gasteiger partial charge < -0.3 is 0 Å². The molecule has 204 valence electrons. The first kappa shape index (κ1) is 32.2. The highest BCUT2D eigenvalue weighted by Crippen LogP contribution is 2.18. The van der Waals surface area contributed by atoms with E-state index < -0.39 is 10.1 Å². The van der Waals surface area contributed by atoms with Gasteiger partial charge in [0.1, 0.15) is 0 Å². The van der Waals surface area contributed by atoms with Gasteiger partial charge in [-0.3, -0.25) is 4.18 Å². The molecule has 4 heteroatoms. The maximum Gasteiger partial charge on any atom is 0.297 e. The van der Waals surface area contributed by atoms with Crippen molar-refractivity contribution in [2.24, 2.45) is 0 Å². The van der Waals surface area contributed by atoms with E-state index >= 15 is 0 Å². The molecule has 0 aliphatic heterocycles. The number of hydrogen-bond donors (Lipinski definition) is 0. The Labute approximate surface area is 219 Å². The highest BCUT2D eigenvalue weighted by Gasteiger charge is 2.16. The fourth-order valence-corrected chi connectivity index (χ4v) is 5.95. The van der Waals surface area contributed by atoms with Crippen LogP contribution in [0.2, 0.25) is 0 Å². The van der Waals surface area contributed by atoms with Crippen molar-refractivity contribution in [3.05, 3.63) is 29.8 Å². The van der Waals surface area contributed by atoms with Crippen molar-refractivity contribution >= 4 is 10.1 Å². The van der Waals surface area contributed by atoms with E-state index in [-0.39, 0.29) is 6.61 Å². The molecule has 0 saturated carbocycles. The zero-order valence-electron chi connectivity index (χ0n) is 23.2. The second kappa shape index (κ2) is 22.3. The predicted molar refractivity (Wildman–Crippen MR) is 152 cm³/mol. The molecule has 0 saturated heterocycles. The fourth-order valence-electron chi connectivity index (χ4n) is 4.78. The minimum Gasteiger partial charge on any atom is -0.266 e. The van der Waals surface area contributed by atoms with Crippen molar-refractivity contribution < 1.29 is 12.6 Å². The van der Waals surface area contributed by atoms with Crippen LogP contribution in [0.25, 0.3) is 0 Å². The zero-order valence-corrected chi connectivity index (χ0v) is 24.0. The van der Waals surface area contributed by atoms with Crippen LogP contribution in [-0.2, 0) is 14.3 Å². The SMILES string of the molecule is CCCCCCCCCCCCCCCCCCCCCCCCOS(=O)(=O)c1ccccc1C. The zero-order chi connectivity index (χ0) is 25.5. The molecule has 0 atom stereocenters. The summed E-state index contributed by atoms with van der Waals surface area (Å²) < 4.78 is 29.7. The summed E-state index contributed by atoms with van der Waals surface area (Å²) >= 11 is 0. The van der Waals surface area contributed by atoms with Crippen LogP contribution in [0.1, 0.15) is 154 Å². The summed E-state index contributed by atoms with van der Waals surface area (Å²) in [6.45, 7) is 4.38. The van der Waals surface area contributed by atoms with Crippen molar-refractivity contribution in [2.45, 2.75) is 160 Å². The first-order chi connectivity index (χ1) is 17.1. The normalized spacial score (nSPS) is 11.8. The number of hydrogen-bond acceptors (Lipinski definition) is 3. The summed E-state index contributed by atoms with van der Waals surface area (Å²) in [4.78, 5) is 0.291. The van der Waals surface area contributed by atoms with Crippen LogP contribution in [-0.4, -0.2) is 15.0 Å². The Hall–Kier alpha value is -0.870. The number of rotatable bonds is 25. The average Bonchev–Trinajstić information content (AvgIpc) is 2.84. The third-order valence-electron chi connectivity index (χ3n) is 7.10. The highest BCUT2D eigenvalue weighted by atomic mass is 32.2. The number of benzene rings is 1. The van der Waals surface area contributed by atoms with Crippen LogP contribution in [0.4, 0.5) is 0 Å². The molecule has 35 heavy (non-hydrogen) atoms. The summed E-state index contributed by atoms with van der Waals surface area (Å²) in [7, 11) is -3.62. The molecule has 0 amide bonds. The summed E-state index contributed by atoms with van der Waals surface area (Å²) in [6.07, 6.45) is 29.8. The molecule has 0 spiro atoms. The number of aryl methyl sites for hydroxylation is 1. The van der Waals surface area contributed by atoms with Crippen molar-refractivity contribution in [2.75, 3.05) is 6.61 Å². The molecule has 0 heterocycles. The lowest BCUT2D eigenvalue weighted by molar-refractivity contribution is 0.306. The van der Waals surface area contributed by atoms with Crippen molar-refractivity contribution in [1.82, 2.24) is 0 Å². The fraction of sp³-hybridized carbons (Fsp3) is 0.806. The Kier molecular flexibility index (Phi) is 20.5. The van der Waals surface area contributed by atoms with E-state index in [9.17, 15) is 8.42 Å². The van der Waals surface area contributed by atoms with Crippen LogP contribution < -0.4 is 0 Å². The van der Waals surface area contributed by atoms with E-state index in [2.05, 4.69) is 6.92 Å². The van der Waals surface area contributed by atoms with Gasteiger partial charge in [-0.05, 0) is 25.0 Å². The van der Waals surface area contributed by atoms with Gasteiger partial charge in [0.15, 0.2) is 0 Å². The lowest BCUT2D eigenvalue weighted by Crippen LogP contribution is -2.09. The van der Waals surface area contributed by atoms with Gasteiger partial charge in [0.05, 0.1) is 11.5 Å². The van der Waals surface area contributed by atoms with Crippen molar-refractivity contribution in [1.29, 1.82) is 0 Å². The van der Waals surface area contributed by atoms with Crippen molar-refractivity contribution in [3.63, 3.8) is 0 Å². The van der Waals surface area contributed by atoms with Crippen LogP contribution in [0.15, 0.2) is 29.2 Å². The molecular formula is C31H56O3S. The van der Waals surface area contributed by atoms with E-state index in [1.807, 2.05) is 6.07 Å². The third-order valence-corrected chi connectivity index (χ3v) is 8.57. The summed E-state index contributed by atoms with van der Waals surface area (Å²) in [5, 5.41) is 0. The standard InChI is InChI=1S/C31H56O3S/c1-3-4-5-6-7-8-9-10-11-12-13-14-15-16-17-18-19-20-21-22-23-26-29-34-35(32,33)31-28-25-24-27-30(31)2/h24-25,27-28H,3-23,26,29H2,1-2H3. The quantitative estimate of drug-likeness (QED) is 0.0974. The second-order valence-corrected chi connectivity index (χ2v) is 12.0. The van der Waals surface area contributed by atoms with E-state index in [4.69, 9.17) is 4.18 Å². The van der Waals surface area contributed by atoms with Gasteiger partial charge in [0.2, 0.25) is 0 Å². The molecule has 0 fully saturated rings. The minimum atomic E-state index is -3.62. The first-order valence-corrected chi connectivity index (χ1v) is 16.4. The van der Waals surface area contributed by atoms with Crippen LogP contribution >= 0.6 is 0 Å². The van der Waals surface area contributed by atoms with Gasteiger partial charge in [-0.1, -0.05) is 160 Å². The van der Waals surface area contributed by atoms with Crippen molar-refractivity contribution in [3.8, 4) is 0 Å². The van der Waals surface area contributed by atoms with Gasteiger partial charge >= 0.3 is 0 Å². The molecule has 1 aromatic carbocycles. The molecule has 1 aromatic rings. The predicted octanol–water partition coefficient (Wildman–Crippen LogP) is 10.3. The van der Waals surface area contributed by atoms with E-state index in [0.717, 1.165) is 18.4 Å². The largest absolute Gasteiger partial charge is 0.297 e. The molecule has 0 aliphatic rings. The molecule has 0 radical (unpaired) electrons. The minimum absolute atomic E-state index is 0.287.